The fourth-order valence-corrected chi connectivity index (χ4v) is 1.46. The molecule has 0 aliphatic carbocycles. The average Bonchev–Trinajstić information content (AvgIpc) is 2.33. The van der Waals surface area contributed by atoms with Crippen molar-refractivity contribution >= 4 is 0 Å². The van der Waals surface area contributed by atoms with Gasteiger partial charge >= 0.3 is 0 Å². The Morgan fingerprint density at radius 3 is 2.31 bits per heavy atom. The molecule has 0 spiro atoms. The van der Waals surface area contributed by atoms with Gasteiger partial charge < -0.3 is 9.84 Å². The van der Waals surface area contributed by atoms with Gasteiger partial charge in [-0.25, -0.2) is 0 Å². The smallest absolute Gasteiger partial charge is 0.169 e. The van der Waals surface area contributed by atoms with Crippen LogP contribution < -0.4 is 4.74 Å². The first-order valence-corrected chi connectivity index (χ1v) is 5.34. The molecule has 0 atom stereocenters. The molecule has 2 heteroatoms. The molecule has 0 aliphatic heterocycles. The molecular weight excluding hydrogens is 200 g/mol. The lowest BCUT2D eigenvalue weighted by molar-refractivity contribution is 0.411. The number of phenols is 1. The van der Waals surface area contributed by atoms with Crippen molar-refractivity contribution in [2.24, 2.45) is 0 Å². The predicted octanol–water partition coefficient (Wildman–Crippen LogP) is 3.75. The van der Waals surface area contributed by atoms with Gasteiger partial charge in [0.05, 0.1) is 0 Å². The molecule has 82 valence electrons. The summed E-state index contributed by atoms with van der Waals surface area (Å²) in [6, 6.07) is 14.8. The molecule has 2 aromatic rings. The third-order valence-corrected chi connectivity index (χ3v) is 2.42. The highest BCUT2D eigenvalue weighted by Gasteiger charge is 2.01. The third kappa shape index (κ3) is 2.34. The summed E-state index contributed by atoms with van der Waals surface area (Å²) < 4.78 is 5.56. The topological polar surface area (TPSA) is 29.5 Å². The molecule has 0 radical (unpaired) electrons. The van der Waals surface area contributed by atoms with Gasteiger partial charge in [-0.3, -0.25) is 0 Å². The molecule has 0 unspecified atom stereocenters. The number of aromatic hydroxyl groups is 1. The number of hydrogen-bond acceptors (Lipinski definition) is 2. The molecule has 0 bridgehead atoms. The van der Waals surface area contributed by atoms with Crippen LogP contribution in [0.5, 0.6) is 17.2 Å². The largest absolute Gasteiger partial charge is 0.504 e. The van der Waals surface area contributed by atoms with Crippen molar-refractivity contribution in [1.29, 1.82) is 0 Å². The van der Waals surface area contributed by atoms with Crippen LogP contribution in [-0.4, -0.2) is 5.11 Å². The van der Waals surface area contributed by atoms with E-state index in [0.717, 1.165) is 12.2 Å². The number of aryl methyl sites for hydroxylation is 1. The number of phenolic OH excluding ortho intramolecular Hbond substituents is 1. The second-order valence-corrected chi connectivity index (χ2v) is 3.57. The second-order valence-electron chi connectivity index (χ2n) is 3.57. The summed E-state index contributed by atoms with van der Waals surface area (Å²) >= 11 is 0. The molecule has 0 amide bonds. The molecule has 2 aromatic carbocycles. The molecule has 1 N–H and O–H groups in total. The lowest BCUT2D eigenvalue weighted by Crippen LogP contribution is -1.85. The fraction of sp³-hybridized carbons (Fsp3) is 0.143. The van der Waals surface area contributed by atoms with E-state index in [-0.39, 0.29) is 5.75 Å². The zero-order valence-corrected chi connectivity index (χ0v) is 9.18. The summed E-state index contributed by atoms with van der Waals surface area (Å²) in [6.07, 6.45) is 1.01. The molecule has 0 aliphatic rings. The first kappa shape index (κ1) is 10.6. The maximum atomic E-state index is 9.55. The van der Waals surface area contributed by atoms with Crippen LogP contribution in [0.15, 0.2) is 48.5 Å². The number of hydrogen-bond donors (Lipinski definition) is 1. The van der Waals surface area contributed by atoms with E-state index >= 15 is 0 Å². The van der Waals surface area contributed by atoms with Crippen molar-refractivity contribution in [2.45, 2.75) is 13.3 Å². The maximum absolute atomic E-state index is 9.55. The predicted molar refractivity (Wildman–Crippen MR) is 64.0 cm³/mol. The van der Waals surface area contributed by atoms with Crippen LogP contribution in [0.1, 0.15) is 12.5 Å². The van der Waals surface area contributed by atoms with Crippen molar-refractivity contribution in [3.8, 4) is 17.2 Å². The van der Waals surface area contributed by atoms with E-state index in [0.29, 0.717) is 5.75 Å². The standard InChI is InChI=1S/C14H14O2/c1-2-11-7-9-12(10-8-11)16-14-6-4-3-5-13(14)15/h3-10,15H,2H2,1H3. The quantitative estimate of drug-likeness (QED) is 0.843. The zero-order valence-electron chi connectivity index (χ0n) is 9.18. The first-order valence-electron chi connectivity index (χ1n) is 5.34. The minimum atomic E-state index is 0.155. The Morgan fingerprint density at radius 1 is 1.00 bits per heavy atom. The maximum Gasteiger partial charge on any atom is 0.169 e. The Labute approximate surface area is 95.1 Å². The summed E-state index contributed by atoms with van der Waals surface area (Å²) in [4.78, 5) is 0. The van der Waals surface area contributed by atoms with E-state index in [1.807, 2.05) is 30.3 Å². The van der Waals surface area contributed by atoms with E-state index in [1.54, 1.807) is 18.2 Å². The monoisotopic (exact) mass is 214 g/mol. The van der Waals surface area contributed by atoms with Gasteiger partial charge in [0.25, 0.3) is 0 Å². The Bertz CT molecular complexity index is 460. The van der Waals surface area contributed by atoms with E-state index in [4.69, 9.17) is 4.74 Å². The van der Waals surface area contributed by atoms with Crippen LogP contribution in [0, 0.1) is 0 Å². The number of ether oxygens (including phenoxy) is 1. The summed E-state index contributed by atoms with van der Waals surface area (Å²) in [6.45, 7) is 2.11. The van der Waals surface area contributed by atoms with E-state index < -0.39 is 0 Å². The highest BCUT2D eigenvalue weighted by Crippen LogP contribution is 2.29. The molecule has 0 saturated heterocycles. The van der Waals surface area contributed by atoms with Crippen LogP contribution in [0.4, 0.5) is 0 Å². The van der Waals surface area contributed by atoms with Gasteiger partial charge in [-0.2, -0.15) is 0 Å². The van der Waals surface area contributed by atoms with Crippen molar-refractivity contribution < 1.29 is 9.84 Å². The molecule has 0 aromatic heterocycles. The summed E-state index contributed by atoms with van der Waals surface area (Å²) in [7, 11) is 0. The van der Waals surface area contributed by atoms with Gasteiger partial charge in [0.15, 0.2) is 11.5 Å². The van der Waals surface area contributed by atoms with E-state index in [1.165, 1.54) is 5.56 Å². The van der Waals surface area contributed by atoms with Crippen molar-refractivity contribution in [3.05, 3.63) is 54.1 Å². The lowest BCUT2D eigenvalue weighted by atomic mass is 10.2. The lowest BCUT2D eigenvalue weighted by Gasteiger charge is -2.07. The highest BCUT2D eigenvalue weighted by atomic mass is 16.5. The zero-order chi connectivity index (χ0) is 11.4. The summed E-state index contributed by atoms with van der Waals surface area (Å²) in [5.74, 6) is 1.37. The molecule has 0 fully saturated rings. The van der Waals surface area contributed by atoms with Gasteiger partial charge in [0.1, 0.15) is 5.75 Å². The van der Waals surface area contributed by atoms with Gasteiger partial charge in [-0.1, -0.05) is 31.2 Å². The Balaban J connectivity index is 2.18. The normalized spacial score (nSPS) is 10.1. The van der Waals surface area contributed by atoms with Crippen LogP contribution in [0.3, 0.4) is 0 Å². The Kier molecular flexibility index (Phi) is 3.10. The molecular formula is C14H14O2. The number of para-hydroxylation sites is 2. The Hall–Kier alpha value is -1.96. The molecule has 16 heavy (non-hydrogen) atoms. The first-order chi connectivity index (χ1) is 7.79. The van der Waals surface area contributed by atoms with Crippen molar-refractivity contribution in [3.63, 3.8) is 0 Å². The van der Waals surface area contributed by atoms with E-state index in [9.17, 15) is 5.11 Å². The average molecular weight is 214 g/mol. The van der Waals surface area contributed by atoms with Crippen LogP contribution in [-0.2, 0) is 6.42 Å². The van der Waals surface area contributed by atoms with Crippen LogP contribution in [0.2, 0.25) is 0 Å². The molecule has 2 rings (SSSR count). The summed E-state index contributed by atoms with van der Waals surface area (Å²) in [5, 5.41) is 9.55. The van der Waals surface area contributed by atoms with Crippen LogP contribution >= 0.6 is 0 Å². The van der Waals surface area contributed by atoms with Gasteiger partial charge in [0.2, 0.25) is 0 Å². The highest BCUT2D eigenvalue weighted by molar-refractivity contribution is 5.41. The van der Waals surface area contributed by atoms with E-state index in [2.05, 4.69) is 6.92 Å². The van der Waals surface area contributed by atoms with Crippen molar-refractivity contribution in [1.82, 2.24) is 0 Å². The van der Waals surface area contributed by atoms with Crippen molar-refractivity contribution in [2.75, 3.05) is 0 Å². The molecule has 2 nitrogen and oxygen atoms in total. The second kappa shape index (κ2) is 4.71. The van der Waals surface area contributed by atoms with Gasteiger partial charge in [-0.15, -0.1) is 0 Å². The summed E-state index contributed by atoms with van der Waals surface area (Å²) in [5.41, 5.74) is 1.27. The fourth-order valence-electron chi connectivity index (χ4n) is 1.46. The van der Waals surface area contributed by atoms with Gasteiger partial charge in [0, 0.05) is 0 Å². The number of benzene rings is 2. The van der Waals surface area contributed by atoms with Gasteiger partial charge in [-0.05, 0) is 36.2 Å². The minimum Gasteiger partial charge on any atom is -0.504 e. The molecule has 0 heterocycles. The number of rotatable bonds is 3. The minimum absolute atomic E-state index is 0.155. The third-order valence-electron chi connectivity index (χ3n) is 2.42. The van der Waals surface area contributed by atoms with Crippen LogP contribution in [0.25, 0.3) is 0 Å². The SMILES string of the molecule is CCc1ccc(Oc2ccccc2O)cc1. The Morgan fingerprint density at radius 2 is 1.69 bits per heavy atom. The molecule has 0 saturated carbocycles.